The summed E-state index contributed by atoms with van der Waals surface area (Å²) in [7, 11) is 1.65. The maximum Gasteiger partial charge on any atom is 0.270 e. The highest BCUT2D eigenvalue weighted by Gasteiger charge is 2.26. The number of hydrogen-bond donors (Lipinski definition) is 0. The van der Waals surface area contributed by atoms with Crippen LogP contribution >= 0.6 is 27.3 Å². The lowest BCUT2D eigenvalue weighted by atomic mass is 10.2. The van der Waals surface area contributed by atoms with Crippen molar-refractivity contribution in [2.45, 2.75) is 13.5 Å². The molecule has 2 aromatic heterocycles. The second-order valence-corrected chi connectivity index (χ2v) is 9.53. The molecule has 0 N–H and O–H groups in total. The van der Waals surface area contributed by atoms with E-state index < -0.39 is 0 Å². The van der Waals surface area contributed by atoms with Gasteiger partial charge >= 0.3 is 0 Å². The van der Waals surface area contributed by atoms with Crippen LogP contribution in [0.25, 0.3) is 10.2 Å². The van der Waals surface area contributed by atoms with Crippen molar-refractivity contribution in [3.8, 4) is 5.75 Å². The van der Waals surface area contributed by atoms with Gasteiger partial charge in [-0.15, -0.1) is 11.3 Å². The maximum absolute atomic E-state index is 13.3. The molecule has 2 amide bonds. The van der Waals surface area contributed by atoms with Crippen LogP contribution in [0.4, 0.5) is 0 Å². The number of halogens is 1. The Morgan fingerprint density at radius 3 is 2.34 bits per heavy atom. The van der Waals surface area contributed by atoms with E-state index in [9.17, 15) is 9.59 Å². The van der Waals surface area contributed by atoms with E-state index in [1.807, 2.05) is 35.2 Å². The zero-order valence-corrected chi connectivity index (χ0v) is 18.8. The number of nitrogens with zero attached hydrogens (tertiary/aromatic N) is 3. The minimum absolute atomic E-state index is 0.0150. The summed E-state index contributed by atoms with van der Waals surface area (Å²) in [5, 5.41) is 0. The van der Waals surface area contributed by atoms with Crippen LogP contribution in [0.3, 0.4) is 0 Å². The van der Waals surface area contributed by atoms with Gasteiger partial charge in [0, 0.05) is 39.6 Å². The highest BCUT2D eigenvalue weighted by Crippen LogP contribution is 2.33. The molecule has 152 valence electrons. The number of thiophene rings is 1. The van der Waals surface area contributed by atoms with Gasteiger partial charge in [0.05, 0.1) is 21.1 Å². The summed E-state index contributed by atoms with van der Waals surface area (Å²) in [5.74, 6) is 0.885. The molecule has 0 saturated carbocycles. The number of amides is 2. The van der Waals surface area contributed by atoms with E-state index in [4.69, 9.17) is 4.74 Å². The molecule has 8 heteroatoms. The van der Waals surface area contributed by atoms with E-state index in [0.29, 0.717) is 38.4 Å². The number of ether oxygens (including phenoxy) is 1. The number of piperazine rings is 1. The summed E-state index contributed by atoms with van der Waals surface area (Å²) < 4.78 is 9.45. The fraction of sp³-hybridized carbons (Fsp3) is 0.333. The van der Waals surface area contributed by atoms with Gasteiger partial charge in [-0.2, -0.15) is 0 Å². The predicted octanol–water partition coefficient (Wildman–Crippen LogP) is 3.83. The molecule has 0 bridgehead atoms. The normalized spacial score (nSPS) is 14.4. The van der Waals surface area contributed by atoms with Crippen LogP contribution in [-0.2, 0) is 11.3 Å². The van der Waals surface area contributed by atoms with Gasteiger partial charge in [0.25, 0.3) is 5.91 Å². The summed E-state index contributed by atoms with van der Waals surface area (Å²) >= 11 is 5.18. The van der Waals surface area contributed by atoms with Gasteiger partial charge in [-0.25, -0.2) is 0 Å². The van der Waals surface area contributed by atoms with Crippen LogP contribution in [0.5, 0.6) is 5.75 Å². The Morgan fingerprint density at radius 1 is 1.07 bits per heavy atom. The highest BCUT2D eigenvalue weighted by atomic mass is 79.9. The third-order valence-electron chi connectivity index (χ3n) is 5.29. The number of hydrogen-bond acceptors (Lipinski definition) is 4. The van der Waals surface area contributed by atoms with Crippen LogP contribution in [-0.4, -0.2) is 59.5 Å². The Bertz CT molecular complexity index is 1050. The SMILES string of the molecule is COc1ccc(Cn2c(C(=O)N3CCN(C(C)=O)CC3)cc3sc(Br)cc32)cc1. The second kappa shape index (κ2) is 8.20. The summed E-state index contributed by atoms with van der Waals surface area (Å²) in [6, 6.07) is 11.9. The molecule has 0 atom stereocenters. The molecule has 1 aliphatic rings. The molecule has 1 aliphatic heterocycles. The number of carbonyl (C=O) groups is 2. The van der Waals surface area contributed by atoms with Crippen molar-refractivity contribution in [3.63, 3.8) is 0 Å². The first kappa shape index (κ1) is 20.0. The number of fused-ring (bicyclic) bond motifs is 1. The summed E-state index contributed by atoms with van der Waals surface area (Å²) in [5.41, 5.74) is 2.83. The van der Waals surface area contributed by atoms with E-state index in [0.717, 1.165) is 25.3 Å². The number of methoxy groups -OCH3 is 1. The first-order valence-corrected chi connectivity index (χ1v) is 11.0. The van der Waals surface area contributed by atoms with Gasteiger partial charge in [0.15, 0.2) is 0 Å². The maximum atomic E-state index is 13.3. The standard InChI is InChI=1S/C21H22BrN3O3S/c1-14(26)23-7-9-24(10-8-23)21(27)18-11-19-17(12-20(22)29-19)25(18)13-15-3-5-16(28-2)6-4-15/h3-6,11-12H,7-10,13H2,1-2H3. The van der Waals surface area contributed by atoms with Gasteiger partial charge in [0.1, 0.15) is 11.4 Å². The molecule has 6 nitrogen and oxygen atoms in total. The number of rotatable bonds is 4. The zero-order valence-electron chi connectivity index (χ0n) is 16.4. The van der Waals surface area contributed by atoms with Crippen molar-refractivity contribution >= 4 is 49.3 Å². The summed E-state index contributed by atoms with van der Waals surface area (Å²) in [6.07, 6.45) is 0. The molecular weight excluding hydrogens is 454 g/mol. The van der Waals surface area contributed by atoms with Crippen LogP contribution in [0.1, 0.15) is 23.0 Å². The van der Waals surface area contributed by atoms with E-state index in [1.54, 1.807) is 30.3 Å². The van der Waals surface area contributed by atoms with E-state index in [2.05, 4.69) is 26.6 Å². The topological polar surface area (TPSA) is 54.8 Å². The molecule has 0 radical (unpaired) electrons. The minimum atomic E-state index is 0.0150. The fourth-order valence-electron chi connectivity index (χ4n) is 3.66. The van der Waals surface area contributed by atoms with E-state index in [-0.39, 0.29) is 11.8 Å². The molecule has 3 heterocycles. The van der Waals surface area contributed by atoms with Gasteiger partial charge in [-0.1, -0.05) is 12.1 Å². The van der Waals surface area contributed by atoms with Crippen LogP contribution < -0.4 is 4.74 Å². The van der Waals surface area contributed by atoms with Crippen molar-refractivity contribution in [1.82, 2.24) is 14.4 Å². The third-order valence-corrected chi connectivity index (χ3v) is 6.86. The van der Waals surface area contributed by atoms with Crippen molar-refractivity contribution in [3.05, 3.63) is 51.4 Å². The molecule has 1 aromatic carbocycles. The Balaban J connectivity index is 1.63. The molecule has 3 aromatic rings. The number of benzene rings is 1. The smallest absolute Gasteiger partial charge is 0.270 e. The lowest BCUT2D eigenvalue weighted by Crippen LogP contribution is -2.50. The Morgan fingerprint density at radius 2 is 1.72 bits per heavy atom. The first-order chi connectivity index (χ1) is 14.0. The van der Waals surface area contributed by atoms with Gasteiger partial charge in [-0.05, 0) is 45.8 Å². The molecule has 0 aliphatic carbocycles. The molecule has 0 unspecified atom stereocenters. The van der Waals surface area contributed by atoms with Crippen LogP contribution in [0.15, 0.2) is 40.2 Å². The van der Waals surface area contributed by atoms with Crippen molar-refractivity contribution in [1.29, 1.82) is 0 Å². The number of aromatic nitrogens is 1. The van der Waals surface area contributed by atoms with Crippen LogP contribution in [0.2, 0.25) is 0 Å². The molecule has 29 heavy (non-hydrogen) atoms. The van der Waals surface area contributed by atoms with Crippen molar-refractivity contribution in [2.75, 3.05) is 33.3 Å². The summed E-state index contributed by atoms with van der Waals surface area (Å²) in [4.78, 5) is 28.5. The Hall–Kier alpha value is -2.32. The number of carbonyl (C=O) groups excluding carboxylic acids is 2. The molecule has 1 saturated heterocycles. The largest absolute Gasteiger partial charge is 0.497 e. The second-order valence-electron chi connectivity index (χ2n) is 7.06. The van der Waals surface area contributed by atoms with Crippen LogP contribution in [0, 0.1) is 0 Å². The molecule has 0 spiro atoms. The summed E-state index contributed by atoms with van der Waals surface area (Å²) in [6.45, 7) is 4.46. The third kappa shape index (κ3) is 4.04. The fourth-order valence-corrected chi connectivity index (χ4v) is 5.22. The molecule has 1 fully saturated rings. The zero-order chi connectivity index (χ0) is 20.5. The quantitative estimate of drug-likeness (QED) is 0.576. The average Bonchev–Trinajstić information content (AvgIpc) is 3.25. The van der Waals surface area contributed by atoms with Gasteiger partial charge in [0.2, 0.25) is 5.91 Å². The minimum Gasteiger partial charge on any atom is -0.497 e. The van der Waals surface area contributed by atoms with Gasteiger partial charge < -0.3 is 19.1 Å². The monoisotopic (exact) mass is 475 g/mol. The lowest BCUT2D eigenvalue weighted by Gasteiger charge is -2.34. The van der Waals surface area contributed by atoms with E-state index >= 15 is 0 Å². The molecular formula is C21H22BrN3O3S. The molecule has 4 rings (SSSR count). The predicted molar refractivity (Wildman–Crippen MR) is 118 cm³/mol. The highest BCUT2D eigenvalue weighted by molar-refractivity contribution is 9.11. The van der Waals surface area contributed by atoms with Crippen molar-refractivity contribution in [2.24, 2.45) is 0 Å². The van der Waals surface area contributed by atoms with Crippen molar-refractivity contribution < 1.29 is 14.3 Å². The van der Waals surface area contributed by atoms with Gasteiger partial charge in [-0.3, -0.25) is 9.59 Å². The lowest BCUT2D eigenvalue weighted by molar-refractivity contribution is -0.130. The Kier molecular flexibility index (Phi) is 5.65. The van der Waals surface area contributed by atoms with E-state index in [1.165, 1.54) is 0 Å². The average molecular weight is 476 g/mol. The first-order valence-electron chi connectivity index (χ1n) is 9.42. The Labute approximate surface area is 181 Å².